The second-order valence-corrected chi connectivity index (χ2v) is 8.76. The van der Waals surface area contributed by atoms with Gasteiger partial charge in [-0.2, -0.15) is 0 Å². The van der Waals surface area contributed by atoms with Crippen LogP contribution in [0.2, 0.25) is 10.0 Å². The van der Waals surface area contributed by atoms with Crippen molar-refractivity contribution < 1.29 is 4.79 Å². The van der Waals surface area contributed by atoms with Gasteiger partial charge in [-0.25, -0.2) is 0 Å². The summed E-state index contributed by atoms with van der Waals surface area (Å²) < 4.78 is 0.785. The molecular weight excluding hydrogens is 405 g/mol. The standard InChI is InChI=1S/C15H11Cl2N3OS3/c16-11-4-3-9(6-12(11)17)8-23-15-20-19-14(24-15)18-13(21)7-10-2-1-5-22-10/h1-6H,7-8H2,(H,18,19,21). The Bertz CT molecular complexity index is 836. The van der Waals surface area contributed by atoms with E-state index in [1.165, 1.54) is 23.1 Å². The Kier molecular flexibility index (Phi) is 6.13. The first-order chi connectivity index (χ1) is 11.6. The zero-order valence-electron chi connectivity index (χ0n) is 12.2. The second-order valence-electron chi connectivity index (χ2n) is 4.71. The van der Waals surface area contributed by atoms with E-state index in [9.17, 15) is 4.79 Å². The van der Waals surface area contributed by atoms with Crippen molar-refractivity contribution in [1.29, 1.82) is 0 Å². The van der Waals surface area contributed by atoms with Crippen LogP contribution >= 0.6 is 57.6 Å². The summed E-state index contributed by atoms with van der Waals surface area (Å²) in [5.41, 5.74) is 1.05. The van der Waals surface area contributed by atoms with Crippen LogP contribution in [-0.2, 0) is 17.0 Å². The van der Waals surface area contributed by atoms with Gasteiger partial charge >= 0.3 is 0 Å². The van der Waals surface area contributed by atoms with Gasteiger partial charge in [-0.15, -0.1) is 21.5 Å². The zero-order valence-corrected chi connectivity index (χ0v) is 16.1. The topological polar surface area (TPSA) is 54.9 Å². The number of carbonyl (C=O) groups excluding carboxylic acids is 1. The fourth-order valence-corrected chi connectivity index (χ4v) is 4.56. The largest absolute Gasteiger partial charge is 0.300 e. The van der Waals surface area contributed by atoms with Gasteiger partial charge in [0.15, 0.2) is 4.34 Å². The lowest BCUT2D eigenvalue weighted by Crippen LogP contribution is -2.13. The number of halogens is 2. The maximum Gasteiger partial charge on any atom is 0.231 e. The van der Waals surface area contributed by atoms with Crippen LogP contribution in [0.1, 0.15) is 10.4 Å². The van der Waals surface area contributed by atoms with Crippen molar-refractivity contribution in [2.45, 2.75) is 16.5 Å². The van der Waals surface area contributed by atoms with Gasteiger partial charge in [0.1, 0.15) is 0 Å². The number of nitrogens with one attached hydrogen (secondary N) is 1. The monoisotopic (exact) mass is 415 g/mol. The predicted molar refractivity (Wildman–Crippen MR) is 103 cm³/mol. The highest BCUT2D eigenvalue weighted by Crippen LogP contribution is 2.30. The van der Waals surface area contributed by atoms with Gasteiger partial charge in [-0.3, -0.25) is 4.79 Å². The molecule has 3 rings (SSSR count). The van der Waals surface area contributed by atoms with E-state index in [0.29, 0.717) is 27.4 Å². The van der Waals surface area contributed by atoms with E-state index in [1.807, 2.05) is 29.6 Å². The third-order valence-corrected chi connectivity index (χ3v) is 6.57. The molecule has 1 amide bonds. The molecule has 0 unspecified atom stereocenters. The number of rotatable bonds is 6. The van der Waals surface area contributed by atoms with Crippen LogP contribution < -0.4 is 5.32 Å². The Morgan fingerprint density at radius 2 is 2.08 bits per heavy atom. The Hall–Kier alpha value is -1.12. The van der Waals surface area contributed by atoms with E-state index in [2.05, 4.69) is 15.5 Å². The van der Waals surface area contributed by atoms with Crippen LogP contribution in [0.3, 0.4) is 0 Å². The molecule has 24 heavy (non-hydrogen) atoms. The van der Waals surface area contributed by atoms with Gasteiger partial charge in [0.2, 0.25) is 11.0 Å². The van der Waals surface area contributed by atoms with E-state index in [0.717, 1.165) is 14.8 Å². The number of thiophene rings is 1. The maximum atomic E-state index is 11.9. The molecule has 124 valence electrons. The summed E-state index contributed by atoms with van der Waals surface area (Å²) in [5.74, 6) is 0.615. The number of thioether (sulfide) groups is 1. The van der Waals surface area contributed by atoms with Crippen LogP contribution in [0.4, 0.5) is 5.13 Å². The smallest absolute Gasteiger partial charge is 0.231 e. The van der Waals surface area contributed by atoms with Crippen molar-refractivity contribution in [1.82, 2.24) is 10.2 Å². The van der Waals surface area contributed by atoms with Gasteiger partial charge in [-0.05, 0) is 29.1 Å². The minimum atomic E-state index is -0.0883. The lowest BCUT2D eigenvalue weighted by atomic mass is 10.2. The molecule has 4 nitrogen and oxygen atoms in total. The van der Waals surface area contributed by atoms with Crippen LogP contribution in [0.5, 0.6) is 0 Å². The van der Waals surface area contributed by atoms with Crippen molar-refractivity contribution in [3.63, 3.8) is 0 Å². The Morgan fingerprint density at radius 1 is 1.21 bits per heavy atom. The van der Waals surface area contributed by atoms with Crippen LogP contribution in [0.25, 0.3) is 0 Å². The molecule has 0 aliphatic heterocycles. The molecule has 0 radical (unpaired) electrons. The Morgan fingerprint density at radius 3 is 2.83 bits per heavy atom. The molecule has 0 fully saturated rings. The lowest BCUT2D eigenvalue weighted by molar-refractivity contribution is -0.115. The Labute approximate surface area is 161 Å². The molecule has 0 aliphatic rings. The third-order valence-electron chi connectivity index (χ3n) is 2.91. The summed E-state index contributed by atoms with van der Waals surface area (Å²) >= 11 is 16.3. The van der Waals surface area contributed by atoms with E-state index in [-0.39, 0.29) is 5.91 Å². The number of benzene rings is 1. The van der Waals surface area contributed by atoms with E-state index < -0.39 is 0 Å². The number of anilines is 1. The molecular formula is C15H11Cl2N3OS3. The van der Waals surface area contributed by atoms with Gasteiger partial charge in [0, 0.05) is 10.6 Å². The van der Waals surface area contributed by atoms with Crippen molar-refractivity contribution in [2.75, 3.05) is 5.32 Å². The van der Waals surface area contributed by atoms with Crippen molar-refractivity contribution in [3.8, 4) is 0 Å². The van der Waals surface area contributed by atoms with Gasteiger partial charge in [0.25, 0.3) is 0 Å². The normalized spacial score (nSPS) is 10.8. The van der Waals surface area contributed by atoms with Crippen molar-refractivity contribution >= 4 is 68.7 Å². The summed E-state index contributed by atoms with van der Waals surface area (Å²) in [7, 11) is 0. The molecule has 3 aromatic rings. The lowest BCUT2D eigenvalue weighted by Gasteiger charge is -2.01. The third kappa shape index (κ3) is 4.94. The quantitative estimate of drug-likeness (QED) is 0.433. The number of nitrogens with zero attached hydrogens (tertiary/aromatic N) is 2. The number of aromatic nitrogens is 2. The number of hydrogen-bond donors (Lipinski definition) is 1. The van der Waals surface area contributed by atoms with Gasteiger partial charge in [0.05, 0.1) is 16.5 Å². The summed E-state index contributed by atoms with van der Waals surface area (Å²) in [5, 5.41) is 14.4. The molecule has 0 bridgehead atoms. The van der Waals surface area contributed by atoms with Crippen LogP contribution in [-0.4, -0.2) is 16.1 Å². The molecule has 0 saturated heterocycles. The number of amides is 1. The van der Waals surface area contributed by atoms with Crippen LogP contribution in [0.15, 0.2) is 40.1 Å². The predicted octanol–water partition coefficient (Wildman–Crippen LogP) is 5.38. The highest BCUT2D eigenvalue weighted by molar-refractivity contribution is 8.00. The average Bonchev–Trinajstić information content (AvgIpc) is 3.20. The SMILES string of the molecule is O=C(Cc1cccs1)Nc1nnc(SCc2ccc(Cl)c(Cl)c2)s1. The second kappa shape index (κ2) is 8.31. The minimum Gasteiger partial charge on any atom is -0.300 e. The molecule has 1 aromatic carbocycles. The first-order valence-electron chi connectivity index (χ1n) is 6.82. The highest BCUT2D eigenvalue weighted by atomic mass is 35.5. The first-order valence-corrected chi connectivity index (χ1v) is 10.3. The summed E-state index contributed by atoms with van der Waals surface area (Å²) in [4.78, 5) is 13.0. The van der Waals surface area contributed by atoms with Crippen molar-refractivity contribution in [2.24, 2.45) is 0 Å². The fourth-order valence-electron chi connectivity index (χ4n) is 1.83. The zero-order chi connectivity index (χ0) is 16.9. The number of carbonyl (C=O) groups is 1. The fraction of sp³-hybridized carbons (Fsp3) is 0.133. The minimum absolute atomic E-state index is 0.0883. The summed E-state index contributed by atoms with van der Waals surface area (Å²) in [6, 6.07) is 9.39. The number of hydrogen-bond acceptors (Lipinski definition) is 6. The van der Waals surface area contributed by atoms with E-state index in [4.69, 9.17) is 23.2 Å². The molecule has 0 spiro atoms. The van der Waals surface area contributed by atoms with Gasteiger partial charge in [-0.1, -0.05) is 58.4 Å². The van der Waals surface area contributed by atoms with E-state index >= 15 is 0 Å². The average molecular weight is 416 g/mol. The maximum absolute atomic E-state index is 11.9. The molecule has 2 heterocycles. The summed E-state index contributed by atoms with van der Waals surface area (Å²) in [6.07, 6.45) is 0.350. The molecule has 0 saturated carbocycles. The molecule has 2 aromatic heterocycles. The summed E-state index contributed by atoms with van der Waals surface area (Å²) in [6.45, 7) is 0. The highest BCUT2D eigenvalue weighted by Gasteiger charge is 2.10. The molecule has 0 atom stereocenters. The Balaban J connectivity index is 1.53. The van der Waals surface area contributed by atoms with E-state index in [1.54, 1.807) is 17.4 Å². The van der Waals surface area contributed by atoms with Gasteiger partial charge < -0.3 is 5.32 Å². The molecule has 0 aliphatic carbocycles. The van der Waals surface area contributed by atoms with Crippen molar-refractivity contribution in [3.05, 3.63) is 56.2 Å². The van der Waals surface area contributed by atoms with Crippen LogP contribution in [0, 0.1) is 0 Å². The molecule has 9 heteroatoms. The first kappa shape index (κ1) is 17.7. The molecule has 1 N–H and O–H groups in total.